The third-order valence-electron chi connectivity index (χ3n) is 3.21. The molecule has 0 aromatic heterocycles. The molecule has 0 aromatic carbocycles. The first kappa shape index (κ1) is 18.9. The van der Waals surface area contributed by atoms with Gasteiger partial charge < -0.3 is 19.7 Å². The highest BCUT2D eigenvalue weighted by Gasteiger charge is 2.29. The number of hydrogen-bond acceptors (Lipinski definition) is 4. The van der Waals surface area contributed by atoms with Crippen LogP contribution in [0.1, 0.15) is 39.5 Å². The van der Waals surface area contributed by atoms with Crippen molar-refractivity contribution in [3.63, 3.8) is 0 Å². The predicted octanol–water partition coefficient (Wildman–Crippen LogP) is 2.02. The van der Waals surface area contributed by atoms with Crippen molar-refractivity contribution in [3.05, 3.63) is 0 Å². The van der Waals surface area contributed by atoms with Crippen molar-refractivity contribution in [1.29, 1.82) is 0 Å². The number of hydrogen-bond donors (Lipinski definition) is 2. The van der Waals surface area contributed by atoms with Gasteiger partial charge in [0.25, 0.3) is 0 Å². The van der Waals surface area contributed by atoms with Crippen LogP contribution in [0.4, 0.5) is 0 Å². The van der Waals surface area contributed by atoms with E-state index in [4.69, 9.17) is 19.7 Å². The van der Waals surface area contributed by atoms with Crippen LogP contribution in [0.3, 0.4) is 0 Å². The Hall–Kier alpha value is -1.14. The van der Waals surface area contributed by atoms with Crippen molar-refractivity contribution in [1.82, 2.24) is 0 Å². The fraction of sp³-hybridized carbons (Fsp3) is 0.857. The Balaban J connectivity index is 0.000000396. The molecule has 0 aromatic rings. The quantitative estimate of drug-likeness (QED) is 0.697. The minimum absolute atomic E-state index is 0.319. The van der Waals surface area contributed by atoms with Crippen LogP contribution in [-0.2, 0) is 19.1 Å². The van der Waals surface area contributed by atoms with Gasteiger partial charge in [-0.1, -0.05) is 0 Å². The van der Waals surface area contributed by atoms with E-state index in [-0.39, 0.29) is 11.8 Å². The fourth-order valence-corrected chi connectivity index (χ4v) is 1.99. The standard InChI is InChI=1S/C8H12O4.C6H14O2/c9-7(10)5-1-2-6(4-3-5)8(11)12;1-3-7-5-6-8-4-2/h5-6H,1-4H2,(H,9,10)(H,11,12);3-6H2,1-2H3. The van der Waals surface area contributed by atoms with Crippen molar-refractivity contribution < 1.29 is 29.3 Å². The van der Waals surface area contributed by atoms with Crippen molar-refractivity contribution in [2.24, 2.45) is 11.8 Å². The van der Waals surface area contributed by atoms with E-state index in [1.165, 1.54) is 0 Å². The smallest absolute Gasteiger partial charge is 0.306 e. The number of rotatable bonds is 7. The lowest BCUT2D eigenvalue weighted by Gasteiger charge is -2.22. The largest absolute Gasteiger partial charge is 0.481 e. The minimum Gasteiger partial charge on any atom is -0.481 e. The number of carbonyl (C=O) groups is 2. The Kier molecular flexibility index (Phi) is 11.0. The lowest BCUT2D eigenvalue weighted by atomic mass is 9.82. The van der Waals surface area contributed by atoms with Gasteiger partial charge in [0.2, 0.25) is 0 Å². The van der Waals surface area contributed by atoms with Crippen LogP contribution >= 0.6 is 0 Å². The van der Waals surface area contributed by atoms with E-state index in [0.29, 0.717) is 25.7 Å². The number of carboxylic acids is 2. The van der Waals surface area contributed by atoms with Gasteiger partial charge in [0.05, 0.1) is 25.0 Å². The highest BCUT2D eigenvalue weighted by Crippen LogP contribution is 2.28. The van der Waals surface area contributed by atoms with Gasteiger partial charge in [0.1, 0.15) is 0 Å². The second kappa shape index (κ2) is 11.7. The highest BCUT2D eigenvalue weighted by molar-refractivity contribution is 5.72. The zero-order valence-corrected chi connectivity index (χ0v) is 12.3. The molecule has 6 heteroatoms. The van der Waals surface area contributed by atoms with Crippen LogP contribution in [0, 0.1) is 11.8 Å². The van der Waals surface area contributed by atoms with E-state index in [1.807, 2.05) is 13.8 Å². The van der Waals surface area contributed by atoms with Gasteiger partial charge in [-0.2, -0.15) is 0 Å². The normalized spacial score (nSPS) is 21.7. The summed E-state index contributed by atoms with van der Waals surface area (Å²) in [6.07, 6.45) is 2.03. The summed E-state index contributed by atoms with van der Waals surface area (Å²) in [5, 5.41) is 17.2. The molecule has 0 atom stereocenters. The zero-order chi connectivity index (χ0) is 15.4. The first-order chi connectivity index (χ1) is 9.52. The third kappa shape index (κ3) is 8.87. The maximum Gasteiger partial charge on any atom is 0.306 e. The summed E-state index contributed by atoms with van der Waals surface area (Å²) >= 11 is 0. The summed E-state index contributed by atoms with van der Waals surface area (Å²) in [5.74, 6) is -2.22. The predicted molar refractivity (Wildman–Crippen MR) is 73.7 cm³/mol. The van der Waals surface area contributed by atoms with Crippen LogP contribution < -0.4 is 0 Å². The molecule has 118 valence electrons. The molecule has 0 bridgehead atoms. The Morgan fingerprint density at radius 1 is 0.850 bits per heavy atom. The summed E-state index contributed by atoms with van der Waals surface area (Å²) in [6, 6.07) is 0. The third-order valence-corrected chi connectivity index (χ3v) is 3.21. The van der Waals surface area contributed by atoms with Crippen molar-refractivity contribution >= 4 is 11.9 Å². The summed E-state index contributed by atoms with van der Waals surface area (Å²) in [7, 11) is 0. The lowest BCUT2D eigenvalue weighted by molar-refractivity contribution is -0.148. The molecule has 0 unspecified atom stereocenters. The van der Waals surface area contributed by atoms with E-state index in [2.05, 4.69) is 0 Å². The van der Waals surface area contributed by atoms with Gasteiger partial charge in [0, 0.05) is 13.2 Å². The summed E-state index contributed by atoms with van der Waals surface area (Å²) in [6.45, 7) is 6.98. The Labute approximate surface area is 120 Å². The first-order valence-electron chi connectivity index (χ1n) is 7.13. The first-order valence-corrected chi connectivity index (χ1v) is 7.13. The minimum atomic E-state index is -0.793. The topological polar surface area (TPSA) is 93.1 Å². The van der Waals surface area contributed by atoms with Crippen LogP contribution in [0.2, 0.25) is 0 Å². The van der Waals surface area contributed by atoms with Crippen molar-refractivity contribution in [2.45, 2.75) is 39.5 Å². The molecule has 20 heavy (non-hydrogen) atoms. The lowest BCUT2D eigenvalue weighted by Crippen LogP contribution is -2.25. The van der Waals surface area contributed by atoms with E-state index >= 15 is 0 Å². The molecule has 0 radical (unpaired) electrons. The van der Waals surface area contributed by atoms with E-state index < -0.39 is 11.9 Å². The molecular formula is C14H26O6. The van der Waals surface area contributed by atoms with Gasteiger partial charge in [-0.3, -0.25) is 9.59 Å². The summed E-state index contributed by atoms with van der Waals surface area (Å²) < 4.78 is 10.0. The average molecular weight is 290 g/mol. The van der Waals surface area contributed by atoms with Crippen LogP contribution in [0.15, 0.2) is 0 Å². The number of ether oxygens (including phenoxy) is 2. The molecule has 6 nitrogen and oxygen atoms in total. The molecule has 0 aliphatic heterocycles. The van der Waals surface area contributed by atoms with Gasteiger partial charge >= 0.3 is 11.9 Å². The van der Waals surface area contributed by atoms with E-state index in [0.717, 1.165) is 26.4 Å². The molecule has 0 amide bonds. The van der Waals surface area contributed by atoms with Gasteiger partial charge in [-0.15, -0.1) is 0 Å². The SMILES string of the molecule is CCOCCOCC.O=C(O)C1CCC(C(=O)O)CC1. The Bertz CT molecular complexity index is 243. The molecule has 1 rings (SSSR count). The van der Waals surface area contributed by atoms with Gasteiger partial charge in [-0.25, -0.2) is 0 Å². The monoisotopic (exact) mass is 290 g/mol. The maximum atomic E-state index is 10.5. The molecular weight excluding hydrogens is 264 g/mol. The molecule has 1 aliphatic rings. The zero-order valence-electron chi connectivity index (χ0n) is 12.3. The average Bonchev–Trinajstić information content (AvgIpc) is 2.44. The number of aliphatic carboxylic acids is 2. The second-order valence-corrected chi connectivity index (χ2v) is 4.62. The molecule has 0 spiro atoms. The van der Waals surface area contributed by atoms with Gasteiger partial charge in [-0.05, 0) is 39.5 Å². The molecule has 1 aliphatic carbocycles. The van der Waals surface area contributed by atoms with E-state index in [9.17, 15) is 9.59 Å². The van der Waals surface area contributed by atoms with Crippen LogP contribution in [0.25, 0.3) is 0 Å². The molecule has 1 fully saturated rings. The van der Waals surface area contributed by atoms with Crippen LogP contribution in [-0.4, -0.2) is 48.6 Å². The maximum absolute atomic E-state index is 10.5. The summed E-state index contributed by atoms with van der Waals surface area (Å²) in [5.41, 5.74) is 0. The Morgan fingerprint density at radius 2 is 1.15 bits per heavy atom. The summed E-state index contributed by atoms with van der Waals surface area (Å²) in [4.78, 5) is 21.0. The van der Waals surface area contributed by atoms with Gasteiger partial charge in [0.15, 0.2) is 0 Å². The second-order valence-electron chi connectivity index (χ2n) is 4.62. The number of carboxylic acid groups (broad SMARTS) is 2. The molecule has 2 N–H and O–H groups in total. The molecule has 0 heterocycles. The highest BCUT2D eigenvalue weighted by atomic mass is 16.5. The van der Waals surface area contributed by atoms with E-state index in [1.54, 1.807) is 0 Å². The van der Waals surface area contributed by atoms with Crippen molar-refractivity contribution in [2.75, 3.05) is 26.4 Å². The fourth-order valence-electron chi connectivity index (χ4n) is 1.99. The van der Waals surface area contributed by atoms with Crippen LogP contribution in [0.5, 0.6) is 0 Å². The molecule has 0 saturated heterocycles. The molecule has 1 saturated carbocycles. The Morgan fingerprint density at radius 3 is 1.35 bits per heavy atom. The van der Waals surface area contributed by atoms with Crippen molar-refractivity contribution in [3.8, 4) is 0 Å².